The zero-order chi connectivity index (χ0) is 26.2. The summed E-state index contributed by atoms with van der Waals surface area (Å²) in [6.07, 6.45) is 5.48. The van der Waals surface area contributed by atoms with Gasteiger partial charge in [-0.3, -0.25) is 9.78 Å². The molecule has 0 saturated carbocycles. The second-order valence-electron chi connectivity index (χ2n) is 8.67. The van der Waals surface area contributed by atoms with Gasteiger partial charge in [0, 0.05) is 25.1 Å². The number of fused-ring (bicyclic) bond motifs is 2. The van der Waals surface area contributed by atoms with Crippen LogP contribution < -0.4 is 20.7 Å². The summed E-state index contributed by atoms with van der Waals surface area (Å²) < 4.78 is 26.0. The lowest BCUT2D eigenvalue weighted by molar-refractivity contribution is 0.0937. The molecule has 38 heavy (non-hydrogen) atoms. The van der Waals surface area contributed by atoms with Crippen LogP contribution >= 0.6 is 0 Å². The van der Waals surface area contributed by atoms with E-state index in [9.17, 15) is 9.18 Å². The fraction of sp³-hybridized carbons (Fsp3) is 0.192. The molecule has 0 fully saturated rings. The number of methoxy groups -OCH3 is 1. The standard InChI is InChI=1S/C26H23FN8O3/c1-28-22-10-21(32-19-5-3-4-15(24(19)37-2)17-7-6-14(27)11-29-17)34-25-16(12-31-35(22)25)26(36)33-18-8-9-20-23(18)30-13-38-20/h3-7,10-13,18,28H,8-9H2,1-2H3,(H,32,34)(H,33,36)/t18-/m1/s1. The van der Waals surface area contributed by atoms with E-state index in [1.54, 1.807) is 30.8 Å². The quantitative estimate of drug-likeness (QED) is 0.293. The molecular formula is C26H23FN8O3. The first kappa shape index (κ1) is 23.4. The number of carbonyl (C=O) groups is 1. The number of oxazole rings is 1. The average molecular weight is 515 g/mol. The highest BCUT2D eigenvalue weighted by atomic mass is 19.1. The molecule has 1 atom stereocenters. The van der Waals surface area contributed by atoms with E-state index in [1.165, 1.54) is 18.7 Å². The van der Waals surface area contributed by atoms with Crippen LogP contribution in [0, 0.1) is 5.82 Å². The molecule has 1 amide bonds. The number of pyridine rings is 1. The number of ether oxygens (including phenoxy) is 1. The van der Waals surface area contributed by atoms with Crippen LogP contribution in [-0.2, 0) is 6.42 Å². The van der Waals surface area contributed by atoms with Gasteiger partial charge in [0.05, 0.1) is 36.9 Å². The number of amides is 1. The third kappa shape index (κ3) is 4.05. The number of hydrogen-bond acceptors (Lipinski definition) is 9. The number of aryl methyl sites for hydroxylation is 1. The summed E-state index contributed by atoms with van der Waals surface area (Å²) in [5.41, 5.74) is 3.29. The first-order chi connectivity index (χ1) is 18.6. The van der Waals surface area contributed by atoms with Crippen LogP contribution in [0.4, 0.5) is 21.7 Å². The van der Waals surface area contributed by atoms with Crippen molar-refractivity contribution in [3.05, 3.63) is 78.0 Å². The number of para-hydroxylation sites is 1. The van der Waals surface area contributed by atoms with E-state index in [2.05, 4.69) is 31.0 Å². The zero-order valence-electron chi connectivity index (χ0n) is 20.5. The summed E-state index contributed by atoms with van der Waals surface area (Å²) in [6.45, 7) is 0. The molecule has 11 nitrogen and oxygen atoms in total. The normalized spacial score (nSPS) is 14.3. The number of halogens is 1. The molecule has 4 aromatic heterocycles. The Morgan fingerprint density at radius 1 is 1.21 bits per heavy atom. The van der Waals surface area contributed by atoms with Gasteiger partial charge in [0.1, 0.15) is 34.5 Å². The van der Waals surface area contributed by atoms with Crippen molar-refractivity contribution in [1.82, 2.24) is 29.9 Å². The molecule has 0 unspecified atom stereocenters. The van der Waals surface area contributed by atoms with Crippen LogP contribution in [0.15, 0.2) is 59.6 Å². The van der Waals surface area contributed by atoms with Crippen molar-refractivity contribution < 1.29 is 18.3 Å². The topological polar surface area (TPSA) is 132 Å². The number of nitrogens with zero attached hydrogens (tertiary/aromatic N) is 5. The van der Waals surface area contributed by atoms with E-state index in [4.69, 9.17) is 14.1 Å². The predicted molar refractivity (Wildman–Crippen MR) is 137 cm³/mol. The molecule has 192 valence electrons. The zero-order valence-corrected chi connectivity index (χ0v) is 20.5. The molecule has 0 bridgehead atoms. The van der Waals surface area contributed by atoms with Gasteiger partial charge in [-0.15, -0.1) is 0 Å². The third-order valence-corrected chi connectivity index (χ3v) is 6.43. The summed E-state index contributed by atoms with van der Waals surface area (Å²) in [5.74, 6) is 1.65. The number of hydrogen-bond donors (Lipinski definition) is 3. The smallest absolute Gasteiger partial charge is 0.257 e. The second-order valence-corrected chi connectivity index (χ2v) is 8.67. The molecule has 3 N–H and O–H groups in total. The van der Waals surface area contributed by atoms with Crippen molar-refractivity contribution in [3.63, 3.8) is 0 Å². The van der Waals surface area contributed by atoms with E-state index in [-0.39, 0.29) is 11.9 Å². The Bertz CT molecular complexity index is 1650. The Hall–Kier alpha value is -5.00. The molecule has 0 aliphatic heterocycles. The van der Waals surface area contributed by atoms with E-state index in [0.717, 1.165) is 24.1 Å². The number of carbonyl (C=O) groups excluding carboxylic acids is 1. The van der Waals surface area contributed by atoms with Crippen LogP contribution in [-0.4, -0.2) is 44.6 Å². The van der Waals surface area contributed by atoms with Crippen molar-refractivity contribution in [2.45, 2.75) is 18.9 Å². The van der Waals surface area contributed by atoms with Crippen LogP contribution in [0.3, 0.4) is 0 Å². The lowest BCUT2D eigenvalue weighted by atomic mass is 10.1. The number of anilines is 3. The second kappa shape index (κ2) is 9.47. The van der Waals surface area contributed by atoms with Gasteiger partial charge in [0.2, 0.25) is 0 Å². The summed E-state index contributed by atoms with van der Waals surface area (Å²) in [7, 11) is 3.30. The molecule has 12 heteroatoms. The molecule has 5 aromatic rings. The summed E-state index contributed by atoms with van der Waals surface area (Å²) in [5, 5.41) is 13.8. The minimum absolute atomic E-state index is 0.233. The molecular weight excluding hydrogens is 491 g/mol. The lowest BCUT2D eigenvalue weighted by Crippen LogP contribution is -2.27. The molecule has 0 radical (unpaired) electrons. The molecule has 1 aliphatic carbocycles. The molecule has 0 saturated heterocycles. The van der Waals surface area contributed by atoms with Gasteiger partial charge in [0.25, 0.3) is 5.91 Å². The molecule has 0 spiro atoms. The Morgan fingerprint density at radius 2 is 2.11 bits per heavy atom. The van der Waals surface area contributed by atoms with Crippen molar-refractivity contribution in [1.29, 1.82) is 0 Å². The average Bonchev–Trinajstić information content (AvgIpc) is 3.66. The predicted octanol–water partition coefficient (Wildman–Crippen LogP) is 4.13. The fourth-order valence-corrected chi connectivity index (χ4v) is 4.63. The van der Waals surface area contributed by atoms with Gasteiger partial charge in [-0.05, 0) is 30.7 Å². The van der Waals surface area contributed by atoms with E-state index in [1.807, 2.05) is 18.2 Å². The highest BCUT2D eigenvalue weighted by molar-refractivity contribution is 6.00. The first-order valence-electron chi connectivity index (χ1n) is 11.9. The van der Waals surface area contributed by atoms with Crippen molar-refractivity contribution in [2.75, 3.05) is 24.8 Å². The Morgan fingerprint density at radius 3 is 2.89 bits per heavy atom. The Balaban J connectivity index is 1.34. The van der Waals surface area contributed by atoms with Crippen molar-refractivity contribution >= 4 is 28.9 Å². The Labute approximate surface area is 216 Å². The fourth-order valence-electron chi connectivity index (χ4n) is 4.63. The summed E-state index contributed by atoms with van der Waals surface area (Å²) in [4.78, 5) is 26.4. The number of aromatic nitrogens is 5. The maximum absolute atomic E-state index is 13.4. The largest absolute Gasteiger partial charge is 0.494 e. The number of nitrogens with one attached hydrogen (secondary N) is 3. The maximum atomic E-state index is 13.4. The molecule has 4 heterocycles. The highest BCUT2D eigenvalue weighted by Gasteiger charge is 2.29. The van der Waals surface area contributed by atoms with Crippen LogP contribution in [0.25, 0.3) is 16.9 Å². The minimum atomic E-state index is -0.422. The molecule has 1 aliphatic rings. The summed E-state index contributed by atoms with van der Waals surface area (Å²) in [6, 6.07) is 9.96. The Kier molecular flexibility index (Phi) is 5.83. The monoisotopic (exact) mass is 514 g/mol. The van der Waals surface area contributed by atoms with Crippen molar-refractivity contribution in [2.24, 2.45) is 0 Å². The highest BCUT2D eigenvalue weighted by Crippen LogP contribution is 2.37. The van der Waals surface area contributed by atoms with Crippen LogP contribution in [0.1, 0.15) is 34.3 Å². The van der Waals surface area contributed by atoms with E-state index < -0.39 is 5.82 Å². The third-order valence-electron chi connectivity index (χ3n) is 6.43. The molecule has 6 rings (SSSR count). The van der Waals surface area contributed by atoms with Gasteiger partial charge < -0.3 is 25.1 Å². The van der Waals surface area contributed by atoms with Crippen LogP contribution in [0.2, 0.25) is 0 Å². The van der Waals surface area contributed by atoms with Gasteiger partial charge in [-0.25, -0.2) is 14.4 Å². The van der Waals surface area contributed by atoms with Crippen molar-refractivity contribution in [3.8, 4) is 17.0 Å². The van der Waals surface area contributed by atoms with E-state index in [0.29, 0.717) is 52.0 Å². The number of benzene rings is 1. The summed E-state index contributed by atoms with van der Waals surface area (Å²) >= 11 is 0. The molecule has 1 aromatic carbocycles. The SMILES string of the molecule is CNc1cc(Nc2cccc(-c3ccc(F)cn3)c2OC)nc2c(C(=O)N[C@@H]3CCc4ocnc43)cnn12. The van der Waals surface area contributed by atoms with Gasteiger partial charge in [-0.1, -0.05) is 6.07 Å². The minimum Gasteiger partial charge on any atom is -0.494 e. The van der Waals surface area contributed by atoms with E-state index >= 15 is 0 Å². The lowest BCUT2D eigenvalue weighted by Gasteiger charge is -2.16. The first-order valence-corrected chi connectivity index (χ1v) is 11.9. The van der Waals surface area contributed by atoms with Crippen LogP contribution in [0.5, 0.6) is 5.75 Å². The van der Waals surface area contributed by atoms with Gasteiger partial charge >= 0.3 is 0 Å². The maximum Gasteiger partial charge on any atom is 0.257 e. The van der Waals surface area contributed by atoms with Gasteiger partial charge in [0.15, 0.2) is 17.8 Å². The number of rotatable bonds is 7. The van der Waals surface area contributed by atoms with Gasteiger partial charge in [-0.2, -0.15) is 9.61 Å².